The van der Waals surface area contributed by atoms with E-state index in [0.29, 0.717) is 11.5 Å². The van der Waals surface area contributed by atoms with E-state index in [9.17, 15) is 4.79 Å². The minimum atomic E-state index is -0.150. The topological polar surface area (TPSA) is 114 Å². The number of pyridine rings is 1. The highest BCUT2D eigenvalue weighted by atomic mass is 16.1. The molecular weight excluding hydrogens is 438 g/mol. The van der Waals surface area contributed by atoms with Gasteiger partial charge in [0.2, 0.25) is 6.41 Å². The van der Waals surface area contributed by atoms with Gasteiger partial charge in [-0.05, 0) is 62.7 Å². The number of nitrogen functional groups attached to an aromatic ring is 1. The van der Waals surface area contributed by atoms with Crippen molar-refractivity contribution in [3.8, 4) is 29.7 Å². The van der Waals surface area contributed by atoms with Gasteiger partial charge in [-0.2, -0.15) is 5.26 Å². The fraction of sp³-hybridized carbons (Fsp3) is 0.370. The number of fused-ring (bicyclic) bond motifs is 1. The van der Waals surface area contributed by atoms with Crippen LogP contribution in [0.1, 0.15) is 55.3 Å². The molecule has 1 aliphatic carbocycles. The number of terminal acetylenes is 1. The van der Waals surface area contributed by atoms with Gasteiger partial charge in [-0.25, -0.2) is 15.0 Å². The minimum absolute atomic E-state index is 0.150. The molecule has 1 fully saturated rings. The molecule has 0 saturated carbocycles. The molecule has 178 valence electrons. The van der Waals surface area contributed by atoms with Crippen LogP contribution in [-0.2, 0) is 11.8 Å². The number of aromatic nitrogens is 4. The molecule has 1 atom stereocenters. The Morgan fingerprint density at radius 2 is 2.09 bits per heavy atom. The van der Waals surface area contributed by atoms with Crippen molar-refractivity contribution in [1.82, 2.24) is 24.4 Å². The molecule has 1 amide bonds. The average Bonchev–Trinajstić information content (AvgIpc) is 3.48. The molecule has 0 spiro atoms. The first-order valence-corrected chi connectivity index (χ1v) is 11.8. The van der Waals surface area contributed by atoms with Crippen molar-refractivity contribution >= 4 is 28.8 Å². The zero-order valence-corrected chi connectivity index (χ0v) is 20.2. The lowest BCUT2D eigenvalue weighted by molar-refractivity contribution is -0.118. The van der Waals surface area contributed by atoms with Gasteiger partial charge in [-0.3, -0.25) is 4.79 Å². The van der Waals surface area contributed by atoms with E-state index in [1.807, 2.05) is 19.3 Å². The van der Waals surface area contributed by atoms with E-state index in [2.05, 4.69) is 44.5 Å². The molecule has 2 N–H and O–H groups in total. The van der Waals surface area contributed by atoms with Crippen molar-refractivity contribution in [3.05, 3.63) is 41.5 Å². The van der Waals surface area contributed by atoms with Crippen molar-refractivity contribution < 1.29 is 4.79 Å². The largest absolute Gasteiger partial charge is 0.383 e. The van der Waals surface area contributed by atoms with Crippen LogP contribution in [0.2, 0.25) is 0 Å². The molecule has 1 aliphatic heterocycles. The molecular formula is C27H29N7O. The van der Waals surface area contributed by atoms with Crippen molar-refractivity contribution in [3.63, 3.8) is 0 Å². The number of amides is 1. The second-order valence-electron chi connectivity index (χ2n) is 8.87. The summed E-state index contributed by atoms with van der Waals surface area (Å²) in [5.41, 5.74) is 13.4. The fourth-order valence-electron chi connectivity index (χ4n) is 4.91. The van der Waals surface area contributed by atoms with Crippen molar-refractivity contribution in [1.29, 1.82) is 5.26 Å². The Bertz CT molecular complexity index is 1370. The van der Waals surface area contributed by atoms with Crippen LogP contribution in [0.5, 0.6) is 0 Å². The first kappa shape index (κ1) is 24.0. The molecule has 35 heavy (non-hydrogen) atoms. The van der Waals surface area contributed by atoms with Gasteiger partial charge < -0.3 is 15.2 Å². The first-order valence-electron chi connectivity index (χ1n) is 11.8. The number of nitrogens with two attached hydrogens (primary N) is 1. The highest BCUT2D eigenvalue weighted by Gasteiger charge is 2.25. The minimum Gasteiger partial charge on any atom is -0.383 e. The second kappa shape index (κ2) is 10.4. The third kappa shape index (κ3) is 4.61. The van der Waals surface area contributed by atoms with Gasteiger partial charge in [-0.15, -0.1) is 6.42 Å². The molecule has 3 aromatic rings. The molecule has 1 saturated heterocycles. The third-order valence-corrected chi connectivity index (χ3v) is 6.70. The number of likely N-dealkylation sites (tertiary alicyclic amines) is 1. The maximum absolute atomic E-state index is 10.2. The molecule has 0 unspecified atom stereocenters. The van der Waals surface area contributed by atoms with Crippen LogP contribution in [0.3, 0.4) is 0 Å². The summed E-state index contributed by atoms with van der Waals surface area (Å²) in [7, 11) is 2.02. The van der Waals surface area contributed by atoms with E-state index in [1.165, 1.54) is 24.7 Å². The number of hydrogen-bond acceptors (Lipinski definition) is 6. The smallest absolute Gasteiger partial charge is 0.210 e. The van der Waals surface area contributed by atoms with Gasteiger partial charge in [0.25, 0.3) is 0 Å². The van der Waals surface area contributed by atoms with E-state index < -0.39 is 0 Å². The standard InChI is InChI=1S/C21H21N5.C6H8N2O/c1-4-15-10-13(2)16(11-23-15)19-17(14-8-6-5-7-9-14)18-20(22)24-12-25-21(18)26(19)3;7-4-6-2-1-3-8(6)5-9/h1,8,10-12H,5-7,9H2,2-3H3,(H2,22,24,25);5-6H,1-3H2/t;6-/m.0/s1. The summed E-state index contributed by atoms with van der Waals surface area (Å²) >= 11 is 0. The van der Waals surface area contributed by atoms with Gasteiger partial charge >= 0.3 is 0 Å². The molecule has 4 heterocycles. The Morgan fingerprint density at radius 3 is 2.71 bits per heavy atom. The predicted molar refractivity (Wildman–Crippen MR) is 137 cm³/mol. The van der Waals surface area contributed by atoms with E-state index in [4.69, 9.17) is 17.4 Å². The fourth-order valence-corrected chi connectivity index (χ4v) is 4.91. The number of nitrogens with zero attached hydrogens (tertiary/aromatic N) is 6. The first-order chi connectivity index (χ1) is 17.0. The quantitative estimate of drug-likeness (QED) is 0.460. The molecule has 0 radical (unpaired) electrons. The van der Waals surface area contributed by atoms with E-state index >= 15 is 0 Å². The van der Waals surface area contributed by atoms with Gasteiger partial charge in [0.1, 0.15) is 29.5 Å². The number of nitriles is 1. The Balaban J connectivity index is 0.000000271. The van der Waals surface area contributed by atoms with E-state index in [0.717, 1.165) is 72.1 Å². The van der Waals surface area contributed by atoms with Gasteiger partial charge in [0, 0.05) is 30.9 Å². The lowest BCUT2D eigenvalue weighted by atomic mass is 9.90. The number of hydrogen-bond donors (Lipinski definition) is 1. The van der Waals surface area contributed by atoms with E-state index in [-0.39, 0.29) is 6.04 Å². The highest BCUT2D eigenvalue weighted by molar-refractivity contribution is 6.04. The summed E-state index contributed by atoms with van der Waals surface area (Å²) in [5, 5.41) is 9.35. The molecule has 0 aromatic carbocycles. The lowest BCUT2D eigenvalue weighted by Gasteiger charge is -2.16. The van der Waals surface area contributed by atoms with Crippen LogP contribution < -0.4 is 5.73 Å². The SMILES string of the molecule is C#Cc1cc(C)c(-c2c(C3=CCCCC3)c3c(N)ncnc3n2C)cn1.N#C[C@@H]1CCCN1C=O. The Morgan fingerprint density at radius 1 is 1.26 bits per heavy atom. The molecule has 2 aliphatic rings. The Labute approximate surface area is 205 Å². The summed E-state index contributed by atoms with van der Waals surface area (Å²) in [6.45, 7) is 2.81. The average molecular weight is 468 g/mol. The normalized spacial score (nSPS) is 17.2. The van der Waals surface area contributed by atoms with Gasteiger partial charge in [0.15, 0.2) is 0 Å². The van der Waals surface area contributed by atoms with Gasteiger partial charge in [-0.1, -0.05) is 12.0 Å². The van der Waals surface area contributed by atoms with Crippen LogP contribution in [0.25, 0.3) is 27.9 Å². The summed E-state index contributed by atoms with van der Waals surface area (Å²) < 4.78 is 2.09. The Hall–Kier alpha value is -4.17. The summed E-state index contributed by atoms with van der Waals surface area (Å²) in [6.07, 6.45) is 18.3. The maximum atomic E-state index is 10.2. The van der Waals surface area contributed by atoms with Crippen LogP contribution >= 0.6 is 0 Å². The van der Waals surface area contributed by atoms with Crippen molar-refractivity contribution in [2.45, 2.75) is 51.5 Å². The molecule has 8 nitrogen and oxygen atoms in total. The number of carbonyl (C=O) groups excluding carboxylic acids is 1. The number of carbonyl (C=O) groups is 1. The van der Waals surface area contributed by atoms with Crippen LogP contribution in [0.4, 0.5) is 5.82 Å². The maximum Gasteiger partial charge on any atom is 0.210 e. The highest BCUT2D eigenvalue weighted by Crippen LogP contribution is 2.42. The zero-order chi connectivity index (χ0) is 24.9. The Kier molecular flexibility index (Phi) is 7.12. The number of anilines is 1. The van der Waals surface area contributed by atoms with Crippen LogP contribution in [-0.4, -0.2) is 43.4 Å². The monoisotopic (exact) mass is 467 g/mol. The summed E-state index contributed by atoms with van der Waals surface area (Å²) in [4.78, 5) is 24.9. The summed E-state index contributed by atoms with van der Waals surface area (Å²) in [6, 6.07) is 3.85. The lowest BCUT2D eigenvalue weighted by Crippen LogP contribution is -2.25. The molecule has 5 rings (SSSR count). The molecule has 0 bridgehead atoms. The van der Waals surface area contributed by atoms with Gasteiger partial charge in [0.05, 0.1) is 17.1 Å². The predicted octanol–water partition coefficient (Wildman–Crippen LogP) is 3.99. The van der Waals surface area contributed by atoms with Crippen LogP contribution in [0.15, 0.2) is 24.7 Å². The van der Waals surface area contributed by atoms with E-state index in [1.54, 1.807) is 4.90 Å². The van der Waals surface area contributed by atoms with Crippen molar-refractivity contribution in [2.24, 2.45) is 7.05 Å². The van der Waals surface area contributed by atoms with Crippen molar-refractivity contribution in [2.75, 3.05) is 12.3 Å². The molecule has 3 aromatic heterocycles. The number of allylic oxidation sites excluding steroid dienone is 2. The second-order valence-corrected chi connectivity index (χ2v) is 8.87. The van der Waals surface area contributed by atoms with Crippen LogP contribution in [0, 0.1) is 30.6 Å². The summed E-state index contributed by atoms with van der Waals surface area (Å²) in [5.74, 6) is 3.12. The third-order valence-electron chi connectivity index (χ3n) is 6.70. The number of aryl methyl sites for hydroxylation is 2. The zero-order valence-electron chi connectivity index (χ0n) is 20.2. The number of rotatable bonds is 3. The molecule has 8 heteroatoms.